The molecule has 0 spiro atoms. The Labute approximate surface area is 145 Å². The molecule has 1 amide bonds. The molecule has 1 saturated heterocycles. The molecule has 1 atom stereocenters. The van der Waals surface area contributed by atoms with E-state index >= 15 is 0 Å². The van der Waals surface area contributed by atoms with E-state index in [0.29, 0.717) is 50.3 Å². The summed E-state index contributed by atoms with van der Waals surface area (Å²) in [5.41, 5.74) is -0.0321. The van der Waals surface area contributed by atoms with Gasteiger partial charge in [-0.25, -0.2) is 4.39 Å². The predicted molar refractivity (Wildman–Crippen MR) is 88.1 cm³/mol. The Morgan fingerprint density at radius 1 is 1.36 bits per heavy atom. The van der Waals surface area contributed by atoms with Gasteiger partial charge in [-0.3, -0.25) is 4.79 Å². The molecule has 3 rings (SSSR count). The number of hydrogen-bond donors (Lipinski definition) is 1. The lowest BCUT2D eigenvalue weighted by molar-refractivity contribution is -0.128. The van der Waals surface area contributed by atoms with E-state index < -0.39 is 5.54 Å². The predicted octanol–water partition coefficient (Wildman–Crippen LogP) is 2.60. The first-order chi connectivity index (χ1) is 12.1. The second-order valence-electron chi connectivity index (χ2n) is 6.47. The van der Waals surface area contributed by atoms with Crippen molar-refractivity contribution in [2.24, 2.45) is 5.92 Å². The van der Waals surface area contributed by atoms with Crippen LogP contribution in [0, 0.1) is 11.7 Å². The van der Waals surface area contributed by atoms with Crippen molar-refractivity contribution in [1.82, 2.24) is 15.5 Å². The van der Waals surface area contributed by atoms with Crippen molar-refractivity contribution < 1.29 is 18.4 Å². The first kappa shape index (κ1) is 17.5. The fraction of sp³-hybridized carbons (Fsp3) is 0.500. The number of carbonyl (C=O) groups excluding carboxylic acids is 1. The number of nitrogens with one attached hydrogen (secondary N) is 1. The summed E-state index contributed by atoms with van der Waals surface area (Å²) in [6.07, 6.45) is 3.53. The van der Waals surface area contributed by atoms with Crippen LogP contribution in [0.3, 0.4) is 0 Å². The molecule has 25 heavy (non-hydrogen) atoms. The Morgan fingerprint density at radius 2 is 2.12 bits per heavy atom. The third-order valence-corrected chi connectivity index (χ3v) is 4.75. The number of benzene rings is 1. The van der Waals surface area contributed by atoms with Crippen molar-refractivity contribution in [2.45, 2.75) is 38.1 Å². The normalized spacial score (nSPS) is 17.8. The lowest BCUT2D eigenvalue weighted by Crippen LogP contribution is -2.51. The van der Waals surface area contributed by atoms with Crippen molar-refractivity contribution in [3.8, 4) is 0 Å². The molecule has 0 radical (unpaired) electrons. The zero-order valence-electron chi connectivity index (χ0n) is 14.2. The lowest BCUT2D eigenvalue weighted by Gasteiger charge is -2.36. The zero-order chi connectivity index (χ0) is 17.7. The van der Waals surface area contributed by atoms with Gasteiger partial charge in [-0.2, -0.15) is 4.98 Å². The molecule has 2 heterocycles. The maximum atomic E-state index is 13.7. The highest BCUT2D eigenvalue weighted by molar-refractivity contribution is 5.79. The van der Waals surface area contributed by atoms with Crippen LogP contribution in [0.1, 0.15) is 37.6 Å². The van der Waals surface area contributed by atoms with E-state index in [4.69, 9.17) is 9.26 Å². The van der Waals surface area contributed by atoms with Gasteiger partial charge in [-0.05, 0) is 24.5 Å². The molecule has 0 saturated carbocycles. The third kappa shape index (κ3) is 4.04. The van der Waals surface area contributed by atoms with Crippen LogP contribution < -0.4 is 5.32 Å². The number of aryl methyl sites for hydroxylation is 1. The number of halogens is 1. The minimum Gasteiger partial charge on any atom is -0.381 e. The van der Waals surface area contributed by atoms with E-state index in [9.17, 15) is 9.18 Å². The molecule has 1 aromatic carbocycles. The molecule has 7 heteroatoms. The molecule has 1 N–H and O–H groups in total. The van der Waals surface area contributed by atoms with Crippen LogP contribution >= 0.6 is 0 Å². The van der Waals surface area contributed by atoms with Crippen LogP contribution in [-0.4, -0.2) is 29.3 Å². The van der Waals surface area contributed by atoms with E-state index in [0.717, 1.165) is 0 Å². The van der Waals surface area contributed by atoms with Crippen molar-refractivity contribution in [1.29, 1.82) is 0 Å². The number of carbonyl (C=O) groups is 1. The minimum atomic E-state index is -0.658. The third-order valence-electron chi connectivity index (χ3n) is 4.75. The summed E-state index contributed by atoms with van der Waals surface area (Å²) >= 11 is 0. The molecule has 1 aliphatic rings. The van der Waals surface area contributed by atoms with Crippen LogP contribution in [0.15, 0.2) is 35.2 Å². The van der Waals surface area contributed by atoms with Gasteiger partial charge in [0.1, 0.15) is 11.4 Å². The average Bonchev–Trinajstić information content (AvgIpc) is 3.17. The van der Waals surface area contributed by atoms with E-state index in [-0.39, 0.29) is 17.6 Å². The standard InChI is InChI=1S/C18H22FN3O3/c1-13(6-7-14-4-2-3-5-15(14)19)16(23)21-18(8-10-24-11-9-18)17-20-12-25-22-17/h2-5,12-13H,6-11H2,1H3,(H,21,23)/t13-/m0/s1. The maximum absolute atomic E-state index is 13.7. The molecular formula is C18H22FN3O3. The van der Waals surface area contributed by atoms with Gasteiger partial charge in [0.25, 0.3) is 0 Å². The summed E-state index contributed by atoms with van der Waals surface area (Å²) in [5.74, 6) is -0.109. The van der Waals surface area contributed by atoms with Gasteiger partial charge in [-0.15, -0.1) is 0 Å². The lowest BCUT2D eigenvalue weighted by atomic mass is 9.88. The van der Waals surface area contributed by atoms with Gasteiger partial charge >= 0.3 is 0 Å². The van der Waals surface area contributed by atoms with Crippen LogP contribution in [0.25, 0.3) is 0 Å². The minimum absolute atomic E-state index is 0.0944. The Morgan fingerprint density at radius 3 is 2.80 bits per heavy atom. The molecule has 1 fully saturated rings. The fourth-order valence-corrected chi connectivity index (χ4v) is 3.07. The number of amides is 1. The Hall–Kier alpha value is -2.28. The van der Waals surface area contributed by atoms with E-state index in [1.807, 2.05) is 6.92 Å². The van der Waals surface area contributed by atoms with Crippen LogP contribution in [0.4, 0.5) is 4.39 Å². The Kier molecular flexibility index (Phi) is 5.43. The summed E-state index contributed by atoms with van der Waals surface area (Å²) < 4.78 is 24.0. The van der Waals surface area contributed by atoms with Crippen LogP contribution in [0.2, 0.25) is 0 Å². The average molecular weight is 347 g/mol. The maximum Gasteiger partial charge on any atom is 0.223 e. The Bertz CT molecular complexity index is 699. The first-order valence-corrected chi connectivity index (χ1v) is 8.51. The summed E-state index contributed by atoms with van der Waals surface area (Å²) in [5, 5.41) is 7.01. The van der Waals surface area contributed by atoms with Crippen molar-refractivity contribution >= 4 is 5.91 Å². The van der Waals surface area contributed by atoms with E-state index in [1.165, 1.54) is 12.5 Å². The topological polar surface area (TPSA) is 77.3 Å². The molecule has 0 aliphatic carbocycles. The van der Waals surface area contributed by atoms with Gasteiger partial charge < -0.3 is 14.6 Å². The SMILES string of the molecule is C[C@@H](CCc1ccccc1F)C(=O)NC1(c2ncon2)CCOCC1. The second kappa shape index (κ2) is 7.74. The van der Waals surface area contributed by atoms with Gasteiger partial charge in [0.15, 0.2) is 5.82 Å². The summed E-state index contributed by atoms with van der Waals surface area (Å²) in [6.45, 7) is 2.90. The summed E-state index contributed by atoms with van der Waals surface area (Å²) in [7, 11) is 0. The molecular weight excluding hydrogens is 325 g/mol. The first-order valence-electron chi connectivity index (χ1n) is 8.51. The van der Waals surface area contributed by atoms with E-state index in [1.54, 1.807) is 18.2 Å². The van der Waals surface area contributed by atoms with Gasteiger partial charge in [-0.1, -0.05) is 30.3 Å². The molecule has 6 nitrogen and oxygen atoms in total. The zero-order valence-corrected chi connectivity index (χ0v) is 14.2. The molecule has 0 bridgehead atoms. The van der Waals surface area contributed by atoms with Gasteiger partial charge in [0.2, 0.25) is 12.3 Å². The largest absolute Gasteiger partial charge is 0.381 e. The van der Waals surface area contributed by atoms with Gasteiger partial charge in [0, 0.05) is 32.0 Å². The highest BCUT2D eigenvalue weighted by Gasteiger charge is 2.40. The number of aromatic nitrogens is 2. The van der Waals surface area contributed by atoms with E-state index in [2.05, 4.69) is 15.5 Å². The molecule has 134 valence electrons. The quantitative estimate of drug-likeness (QED) is 0.869. The number of hydrogen-bond acceptors (Lipinski definition) is 5. The summed E-state index contributed by atoms with van der Waals surface area (Å²) in [4.78, 5) is 16.8. The highest BCUT2D eigenvalue weighted by atomic mass is 19.1. The number of nitrogens with zero attached hydrogens (tertiary/aromatic N) is 2. The smallest absolute Gasteiger partial charge is 0.223 e. The van der Waals surface area contributed by atoms with Crippen molar-refractivity contribution in [3.05, 3.63) is 47.9 Å². The molecule has 2 aromatic rings. The molecule has 0 unspecified atom stereocenters. The Balaban J connectivity index is 1.64. The summed E-state index contributed by atoms with van der Waals surface area (Å²) in [6, 6.07) is 6.65. The second-order valence-corrected chi connectivity index (χ2v) is 6.47. The number of ether oxygens (including phenoxy) is 1. The van der Waals surface area contributed by atoms with Crippen LogP contribution in [0.5, 0.6) is 0 Å². The fourth-order valence-electron chi connectivity index (χ4n) is 3.07. The van der Waals surface area contributed by atoms with Crippen molar-refractivity contribution in [3.63, 3.8) is 0 Å². The molecule has 1 aliphatic heterocycles. The number of rotatable bonds is 6. The van der Waals surface area contributed by atoms with Crippen molar-refractivity contribution in [2.75, 3.05) is 13.2 Å². The monoisotopic (exact) mass is 347 g/mol. The van der Waals surface area contributed by atoms with Crippen LogP contribution in [-0.2, 0) is 21.5 Å². The van der Waals surface area contributed by atoms with Gasteiger partial charge in [0.05, 0.1) is 0 Å². The highest BCUT2D eigenvalue weighted by Crippen LogP contribution is 2.30. The molecule has 1 aromatic heterocycles.